The Kier molecular flexibility index (Phi) is 3.49. The molecular formula is C12H13FN2OS. The molecule has 3 nitrogen and oxygen atoms in total. The van der Waals surface area contributed by atoms with Crippen LogP contribution >= 0.6 is 11.8 Å². The third-order valence-corrected chi connectivity index (χ3v) is 3.60. The van der Waals surface area contributed by atoms with Crippen molar-refractivity contribution in [1.29, 1.82) is 0 Å². The van der Waals surface area contributed by atoms with Crippen molar-refractivity contribution < 1.29 is 9.50 Å². The lowest BCUT2D eigenvalue weighted by atomic mass is 10.2. The maximum absolute atomic E-state index is 13.5. The van der Waals surface area contributed by atoms with Gasteiger partial charge in [-0.3, -0.25) is 4.68 Å². The molecule has 90 valence electrons. The number of aromatic nitrogens is 2. The summed E-state index contributed by atoms with van der Waals surface area (Å²) >= 11 is 1.40. The molecule has 0 fully saturated rings. The van der Waals surface area contributed by atoms with Gasteiger partial charge in [-0.15, -0.1) is 0 Å². The Morgan fingerprint density at radius 1 is 1.47 bits per heavy atom. The van der Waals surface area contributed by atoms with Crippen molar-refractivity contribution in [2.45, 2.75) is 23.5 Å². The van der Waals surface area contributed by atoms with Crippen molar-refractivity contribution >= 4 is 11.8 Å². The summed E-state index contributed by atoms with van der Waals surface area (Å²) in [5.74, 6) is -0.378. The van der Waals surface area contributed by atoms with E-state index in [4.69, 9.17) is 0 Å². The van der Waals surface area contributed by atoms with Gasteiger partial charge in [-0.05, 0) is 25.1 Å². The SMILES string of the molecule is Cc1cc(Sc2cccc(F)c2CO)n(C)n1. The molecule has 0 aliphatic heterocycles. The van der Waals surface area contributed by atoms with Gasteiger partial charge in [0, 0.05) is 17.5 Å². The molecule has 0 atom stereocenters. The summed E-state index contributed by atoms with van der Waals surface area (Å²) in [6, 6.07) is 6.71. The first kappa shape index (κ1) is 12.1. The van der Waals surface area contributed by atoms with Crippen LogP contribution in [0.25, 0.3) is 0 Å². The zero-order valence-corrected chi connectivity index (χ0v) is 10.5. The lowest BCUT2D eigenvalue weighted by Crippen LogP contribution is -1.95. The highest BCUT2D eigenvalue weighted by Crippen LogP contribution is 2.31. The third-order valence-electron chi connectivity index (χ3n) is 2.41. The minimum absolute atomic E-state index is 0.300. The van der Waals surface area contributed by atoms with Crippen LogP contribution in [-0.2, 0) is 13.7 Å². The molecule has 1 N–H and O–H groups in total. The van der Waals surface area contributed by atoms with Gasteiger partial charge in [0.25, 0.3) is 0 Å². The van der Waals surface area contributed by atoms with E-state index >= 15 is 0 Å². The minimum atomic E-state index is -0.378. The highest BCUT2D eigenvalue weighted by molar-refractivity contribution is 7.99. The molecule has 5 heteroatoms. The van der Waals surface area contributed by atoms with Crippen molar-refractivity contribution in [3.63, 3.8) is 0 Å². The number of nitrogens with zero attached hydrogens (tertiary/aromatic N) is 2. The van der Waals surface area contributed by atoms with E-state index in [1.807, 2.05) is 20.0 Å². The molecule has 0 unspecified atom stereocenters. The number of hydrogen-bond acceptors (Lipinski definition) is 3. The van der Waals surface area contributed by atoms with Gasteiger partial charge in [0.15, 0.2) is 0 Å². The lowest BCUT2D eigenvalue weighted by Gasteiger charge is -2.07. The van der Waals surface area contributed by atoms with Gasteiger partial charge in [-0.1, -0.05) is 17.8 Å². The molecule has 1 aromatic heterocycles. The quantitative estimate of drug-likeness (QED) is 0.912. The summed E-state index contributed by atoms with van der Waals surface area (Å²) in [5.41, 5.74) is 1.24. The molecule has 0 bridgehead atoms. The van der Waals surface area contributed by atoms with E-state index in [0.29, 0.717) is 5.56 Å². The van der Waals surface area contributed by atoms with Crippen LogP contribution < -0.4 is 0 Å². The van der Waals surface area contributed by atoms with Gasteiger partial charge in [-0.2, -0.15) is 5.10 Å². The molecule has 0 amide bonds. The predicted octanol–water partition coefficient (Wildman–Crippen LogP) is 2.51. The van der Waals surface area contributed by atoms with Gasteiger partial charge in [0.1, 0.15) is 5.82 Å². The van der Waals surface area contributed by atoms with E-state index < -0.39 is 0 Å². The molecule has 0 radical (unpaired) electrons. The van der Waals surface area contributed by atoms with Gasteiger partial charge in [0.05, 0.1) is 17.3 Å². The van der Waals surface area contributed by atoms with Gasteiger partial charge in [0.2, 0.25) is 0 Å². The average molecular weight is 252 g/mol. The first-order chi connectivity index (χ1) is 8.11. The normalized spacial score (nSPS) is 10.8. The average Bonchev–Trinajstić information content (AvgIpc) is 2.58. The van der Waals surface area contributed by atoms with Crippen LogP contribution in [0.5, 0.6) is 0 Å². The number of benzene rings is 1. The largest absolute Gasteiger partial charge is 0.392 e. The number of aliphatic hydroxyl groups is 1. The molecule has 0 saturated heterocycles. The topological polar surface area (TPSA) is 38.0 Å². The molecule has 1 heterocycles. The Morgan fingerprint density at radius 3 is 2.82 bits per heavy atom. The van der Waals surface area contributed by atoms with E-state index in [1.54, 1.807) is 16.8 Å². The zero-order valence-electron chi connectivity index (χ0n) is 9.64. The van der Waals surface area contributed by atoms with Crippen molar-refractivity contribution in [3.8, 4) is 0 Å². The minimum Gasteiger partial charge on any atom is -0.392 e. The highest BCUT2D eigenvalue weighted by atomic mass is 32.2. The van der Waals surface area contributed by atoms with Crippen molar-refractivity contribution in [1.82, 2.24) is 9.78 Å². The van der Waals surface area contributed by atoms with Crippen LogP contribution in [0.4, 0.5) is 4.39 Å². The van der Waals surface area contributed by atoms with Crippen LogP contribution in [0.15, 0.2) is 34.2 Å². The van der Waals surface area contributed by atoms with Crippen molar-refractivity contribution in [2.75, 3.05) is 0 Å². The number of halogens is 1. The van der Waals surface area contributed by atoms with Crippen molar-refractivity contribution in [3.05, 3.63) is 41.3 Å². The van der Waals surface area contributed by atoms with E-state index in [9.17, 15) is 9.50 Å². The van der Waals surface area contributed by atoms with E-state index in [-0.39, 0.29) is 12.4 Å². The number of rotatable bonds is 3. The molecule has 0 aliphatic carbocycles. The summed E-state index contributed by atoms with van der Waals surface area (Å²) in [6.45, 7) is 1.61. The number of aliphatic hydroxyl groups excluding tert-OH is 1. The predicted molar refractivity (Wildman–Crippen MR) is 64.4 cm³/mol. The van der Waals surface area contributed by atoms with E-state index in [0.717, 1.165) is 15.6 Å². The van der Waals surface area contributed by atoms with Crippen LogP contribution in [0.3, 0.4) is 0 Å². The first-order valence-electron chi connectivity index (χ1n) is 5.18. The van der Waals surface area contributed by atoms with Gasteiger partial charge in [-0.25, -0.2) is 4.39 Å². The lowest BCUT2D eigenvalue weighted by molar-refractivity contribution is 0.272. The molecule has 0 saturated carbocycles. The Bertz CT molecular complexity index is 539. The number of aryl methyl sites for hydroxylation is 2. The standard InChI is InChI=1S/C12H13FN2OS/c1-8-6-12(15(2)14-8)17-11-5-3-4-10(13)9(11)7-16/h3-6,16H,7H2,1-2H3. The fraction of sp³-hybridized carbons (Fsp3) is 0.250. The second-order valence-corrected chi connectivity index (χ2v) is 4.79. The highest BCUT2D eigenvalue weighted by Gasteiger charge is 2.11. The van der Waals surface area contributed by atoms with Crippen LogP contribution in [0, 0.1) is 12.7 Å². The second kappa shape index (κ2) is 4.89. The molecule has 2 rings (SSSR count). The molecule has 0 aliphatic rings. The maximum atomic E-state index is 13.5. The fourth-order valence-corrected chi connectivity index (χ4v) is 2.64. The smallest absolute Gasteiger partial charge is 0.129 e. The monoisotopic (exact) mass is 252 g/mol. The zero-order chi connectivity index (χ0) is 12.4. The Hall–Kier alpha value is -1.33. The first-order valence-corrected chi connectivity index (χ1v) is 6.00. The summed E-state index contributed by atoms with van der Waals surface area (Å²) in [5, 5.41) is 14.3. The maximum Gasteiger partial charge on any atom is 0.129 e. The summed E-state index contributed by atoms with van der Waals surface area (Å²) in [6.07, 6.45) is 0. The van der Waals surface area contributed by atoms with Gasteiger partial charge >= 0.3 is 0 Å². The molecule has 2 aromatic rings. The van der Waals surface area contributed by atoms with E-state index in [1.165, 1.54) is 17.8 Å². The Balaban J connectivity index is 2.36. The Morgan fingerprint density at radius 2 is 2.24 bits per heavy atom. The van der Waals surface area contributed by atoms with E-state index in [2.05, 4.69) is 5.10 Å². The fourth-order valence-electron chi connectivity index (χ4n) is 1.58. The van der Waals surface area contributed by atoms with Crippen LogP contribution in [0.1, 0.15) is 11.3 Å². The number of hydrogen-bond donors (Lipinski definition) is 1. The third kappa shape index (κ3) is 2.50. The Labute approximate surface area is 103 Å². The second-order valence-electron chi connectivity index (χ2n) is 3.72. The summed E-state index contributed by atoms with van der Waals surface area (Å²) in [4.78, 5) is 0.718. The van der Waals surface area contributed by atoms with Crippen LogP contribution in [0.2, 0.25) is 0 Å². The van der Waals surface area contributed by atoms with Crippen molar-refractivity contribution in [2.24, 2.45) is 7.05 Å². The summed E-state index contributed by atoms with van der Waals surface area (Å²) < 4.78 is 15.2. The molecule has 17 heavy (non-hydrogen) atoms. The molecule has 0 spiro atoms. The van der Waals surface area contributed by atoms with Crippen LogP contribution in [-0.4, -0.2) is 14.9 Å². The molecule has 1 aromatic carbocycles. The van der Waals surface area contributed by atoms with Gasteiger partial charge < -0.3 is 5.11 Å². The summed E-state index contributed by atoms with van der Waals surface area (Å²) in [7, 11) is 1.84. The molecular weight excluding hydrogens is 239 g/mol.